The van der Waals surface area contributed by atoms with Gasteiger partial charge in [-0.1, -0.05) is 49.4 Å². The first kappa shape index (κ1) is 24.0. The number of amides is 2. The van der Waals surface area contributed by atoms with Crippen molar-refractivity contribution in [1.29, 1.82) is 0 Å². The standard InChI is InChI=1S/C26H33N5O2/c1-20(22-7-5-4-6-8-22)15-28-25(32)18-31(26(33)14-11-23-16-27-19-29-23)17-21-9-12-24(13-10-21)30(2)3/h4-10,12-13,16,19-20H,11,14-15,17-18H2,1-3H3,(H,27,29)(H,28,32)/t20-/m1/s1. The summed E-state index contributed by atoms with van der Waals surface area (Å²) in [5.74, 6) is -0.0246. The molecule has 0 bridgehead atoms. The van der Waals surface area contributed by atoms with Crippen molar-refractivity contribution in [1.82, 2.24) is 20.2 Å². The van der Waals surface area contributed by atoms with Gasteiger partial charge in [0, 0.05) is 51.2 Å². The third-order valence-electron chi connectivity index (χ3n) is 5.65. The summed E-state index contributed by atoms with van der Waals surface area (Å²) in [6.45, 7) is 3.02. The number of nitrogens with one attached hydrogen (secondary N) is 2. The van der Waals surface area contributed by atoms with Crippen molar-refractivity contribution < 1.29 is 9.59 Å². The van der Waals surface area contributed by atoms with Crippen LogP contribution in [0.1, 0.15) is 36.1 Å². The molecule has 0 spiro atoms. The Bertz CT molecular complexity index is 1000. The van der Waals surface area contributed by atoms with Crippen LogP contribution in [-0.4, -0.2) is 53.9 Å². The van der Waals surface area contributed by atoms with Gasteiger partial charge in [0.05, 0.1) is 12.9 Å². The van der Waals surface area contributed by atoms with E-state index in [1.807, 2.05) is 61.5 Å². The quantitative estimate of drug-likeness (QED) is 0.472. The van der Waals surface area contributed by atoms with Crippen LogP contribution in [0.25, 0.3) is 0 Å². The molecule has 1 aromatic heterocycles. The van der Waals surface area contributed by atoms with E-state index in [-0.39, 0.29) is 24.3 Å². The van der Waals surface area contributed by atoms with Crippen LogP contribution in [0.4, 0.5) is 5.69 Å². The maximum atomic E-state index is 13.0. The first-order valence-corrected chi connectivity index (χ1v) is 11.3. The number of carbonyl (C=O) groups excluding carboxylic acids is 2. The zero-order valence-electron chi connectivity index (χ0n) is 19.6. The highest BCUT2D eigenvalue weighted by molar-refractivity contribution is 5.85. The molecule has 0 saturated carbocycles. The van der Waals surface area contributed by atoms with E-state index in [0.29, 0.717) is 25.9 Å². The summed E-state index contributed by atoms with van der Waals surface area (Å²) < 4.78 is 0. The van der Waals surface area contributed by atoms with E-state index < -0.39 is 0 Å². The molecule has 0 radical (unpaired) electrons. The van der Waals surface area contributed by atoms with Gasteiger partial charge >= 0.3 is 0 Å². The number of benzene rings is 2. The lowest BCUT2D eigenvalue weighted by Gasteiger charge is -2.23. The van der Waals surface area contributed by atoms with E-state index in [2.05, 4.69) is 34.3 Å². The smallest absolute Gasteiger partial charge is 0.239 e. The van der Waals surface area contributed by atoms with Gasteiger partial charge in [-0.3, -0.25) is 9.59 Å². The van der Waals surface area contributed by atoms with Gasteiger partial charge in [-0.25, -0.2) is 4.98 Å². The molecule has 7 nitrogen and oxygen atoms in total. The third-order valence-corrected chi connectivity index (χ3v) is 5.65. The summed E-state index contributed by atoms with van der Waals surface area (Å²) in [6, 6.07) is 18.1. The Morgan fingerprint density at radius 3 is 2.42 bits per heavy atom. The molecule has 0 unspecified atom stereocenters. The van der Waals surface area contributed by atoms with Crippen LogP contribution < -0.4 is 10.2 Å². The van der Waals surface area contributed by atoms with E-state index in [4.69, 9.17) is 0 Å². The number of imidazole rings is 1. The number of anilines is 1. The fourth-order valence-electron chi connectivity index (χ4n) is 3.57. The van der Waals surface area contributed by atoms with Gasteiger partial charge in [-0.15, -0.1) is 0 Å². The molecular weight excluding hydrogens is 414 g/mol. The molecule has 3 rings (SSSR count). The minimum atomic E-state index is -0.155. The molecule has 174 valence electrons. The van der Waals surface area contributed by atoms with E-state index in [9.17, 15) is 9.59 Å². The summed E-state index contributed by atoms with van der Waals surface area (Å²) in [4.78, 5) is 36.4. The van der Waals surface area contributed by atoms with Crippen molar-refractivity contribution in [3.05, 3.63) is 83.9 Å². The average Bonchev–Trinajstić information content (AvgIpc) is 3.35. The summed E-state index contributed by atoms with van der Waals surface area (Å²) in [7, 11) is 3.97. The maximum Gasteiger partial charge on any atom is 0.239 e. The predicted molar refractivity (Wildman–Crippen MR) is 131 cm³/mol. The number of rotatable bonds is 11. The van der Waals surface area contributed by atoms with Gasteiger partial charge in [-0.05, 0) is 35.6 Å². The Balaban J connectivity index is 1.62. The second-order valence-electron chi connectivity index (χ2n) is 8.50. The number of aryl methyl sites for hydroxylation is 1. The largest absolute Gasteiger partial charge is 0.378 e. The Morgan fingerprint density at radius 1 is 1.06 bits per heavy atom. The molecule has 7 heteroatoms. The number of hydrogen-bond acceptors (Lipinski definition) is 4. The van der Waals surface area contributed by atoms with Crippen LogP contribution >= 0.6 is 0 Å². The fraction of sp³-hybridized carbons (Fsp3) is 0.346. The zero-order chi connectivity index (χ0) is 23.6. The first-order valence-electron chi connectivity index (χ1n) is 11.3. The SMILES string of the molecule is C[C@H](CNC(=O)CN(Cc1ccc(N(C)C)cc1)C(=O)CCc1cnc[nH]1)c1ccccc1. The van der Waals surface area contributed by atoms with Crippen molar-refractivity contribution in [3.8, 4) is 0 Å². The Kier molecular flexibility index (Phi) is 8.63. The van der Waals surface area contributed by atoms with E-state index in [1.54, 1.807) is 17.4 Å². The van der Waals surface area contributed by atoms with Crippen LogP contribution in [0.3, 0.4) is 0 Å². The predicted octanol–water partition coefficient (Wildman–Crippen LogP) is 3.36. The topological polar surface area (TPSA) is 81.3 Å². The van der Waals surface area contributed by atoms with Crippen molar-refractivity contribution >= 4 is 17.5 Å². The summed E-state index contributed by atoms with van der Waals surface area (Å²) in [5.41, 5.74) is 4.15. The van der Waals surface area contributed by atoms with Crippen LogP contribution in [0.5, 0.6) is 0 Å². The van der Waals surface area contributed by atoms with Crippen LogP contribution in [0.2, 0.25) is 0 Å². The molecule has 2 N–H and O–H groups in total. The molecule has 0 saturated heterocycles. The minimum Gasteiger partial charge on any atom is -0.378 e. The highest BCUT2D eigenvalue weighted by atomic mass is 16.2. The van der Waals surface area contributed by atoms with Crippen LogP contribution in [-0.2, 0) is 22.6 Å². The normalized spacial score (nSPS) is 11.6. The second kappa shape index (κ2) is 11.9. The summed E-state index contributed by atoms with van der Waals surface area (Å²) in [5, 5.41) is 2.99. The van der Waals surface area contributed by atoms with E-state index in [1.165, 1.54) is 5.56 Å². The molecule has 2 aromatic carbocycles. The van der Waals surface area contributed by atoms with Crippen LogP contribution in [0, 0.1) is 0 Å². The van der Waals surface area contributed by atoms with Crippen molar-refractivity contribution in [2.24, 2.45) is 0 Å². The molecule has 1 atom stereocenters. The van der Waals surface area contributed by atoms with Crippen LogP contribution in [0.15, 0.2) is 67.1 Å². The molecule has 0 fully saturated rings. The Morgan fingerprint density at radius 2 is 1.79 bits per heavy atom. The number of H-pyrrole nitrogens is 1. The second-order valence-corrected chi connectivity index (χ2v) is 8.50. The lowest BCUT2D eigenvalue weighted by molar-refractivity contribution is -0.136. The number of aromatic nitrogens is 2. The lowest BCUT2D eigenvalue weighted by atomic mass is 10.0. The molecule has 2 amide bonds. The first-order chi connectivity index (χ1) is 15.9. The molecule has 33 heavy (non-hydrogen) atoms. The van der Waals surface area contributed by atoms with Gasteiger partial charge in [-0.2, -0.15) is 0 Å². The fourth-order valence-corrected chi connectivity index (χ4v) is 3.57. The zero-order valence-corrected chi connectivity index (χ0v) is 19.6. The number of carbonyl (C=O) groups is 2. The lowest BCUT2D eigenvalue weighted by Crippen LogP contribution is -2.41. The summed E-state index contributed by atoms with van der Waals surface area (Å²) in [6.07, 6.45) is 4.19. The van der Waals surface area contributed by atoms with Gasteiger partial charge in [0.1, 0.15) is 0 Å². The number of hydrogen-bond donors (Lipinski definition) is 2. The van der Waals surface area contributed by atoms with Crippen molar-refractivity contribution in [3.63, 3.8) is 0 Å². The molecule has 1 heterocycles. The van der Waals surface area contributed by atoms with Gasteiger partial charge in [0.15, 0.2) is 0 Å². The monoisotopic (exact) mass is 447 g/mol. The highest BCUT2D eigenvalue weighted by Crippen LogP contribution is 2.15. The van der Waals surface area contributed by atoms with Gasteiger partial charge in [0.25, 0.3) is 0 Å². The van der Waals surface area contributed by atoms with Gasteiger partial charge in [0.2, 0.25) is 11.8 Å². The van der Waals surface area contributed by atoms with Crippen molar-refractivity contribution in [2.45, 2.75) is 32.2 Å². The third kappa shape index (κ3) is 7.49. The molecule has 0 aliphatic rings. The molecule has 0 aliphatic carbocycles. The van der Waals surface area contributed by atoms with Gasteiger partial charge < -0.3 is 20.1 Å². The van der Waals surface area contributed by atoms with E-state index in [0.717, 1.165) is 16.9 Å². The average molecular weight is 448 g/mol. The molecular formula is C26H33N5O2. The Labute approximate surface area is 195 Å². The van der Waals surface area contributed by atoms with E-state index >= 15 is 0 Å². The number of aromatic amines is 1. The maximum absolute atomic E-state index is 13.0. The van der Waals surface area contributed by atoms with Crippen molar-refractivity contribution in [2.75, 3.05) is 32.1 Å². The summed E-state index contributed by atoms with van der Waals surface area (Å²) >= 11 is 0. The highest BCUT2D eigenvalue weighted by Gasteiger charge is 2.18. The Hall–Kier alpha value is -3.61. The minimum absolute atomic E-state index is 0.0265. The molecule has 3 aromatic rings. The molecule has 0 aliphatic heterocycles. The number of nitrogens with zero attached hydrogens (tertiary/aromatic N) is 3.